The average molecular weight is 364 g/mol. The fraction of sp³-hybridized carbons (Fsp3) is 0.316. The van der Waals surface area contributed by atoms with E-state index >= 15 is 0 Å². The lowest BCUT2D eigenvalue weighted by molar-refractivity contribution is -0.121. The van der Waals surface area contributed by atoms with Crippen LogP contribution in [0.15, 0.2) is 58.3 Å². The van der Waals surface area contributed by atoms with Gasteiger partial charge in [-0.3, -0.25) is 4.79 Å². The zero-order chi connectivity index (χ0) is 17.2. The molecule has 24 heavy (non-hydrogen) atoms. The molecule has 0 spiro atoms. The molecule has 3 nitrogen and oxygen atoms in total. The Hall–Kier alpha value is -1.49. The molecular formula is C19H22ClNO2S. The molecule has 128 valence electrons. The zero-order valence-corrected chi connectivity index (χ0v) is 15.1. The van der Waals surface area contributed by atoms with E-state index in [0.29, 0.717) is 19.4 Å². The largest absolute Gasteiger partial charge is 0.396 e. The van der Waals surface area contributed by atoms with Crippen LogP contribution in [0, 0.1) is 0 Å². The second-order valence-corrected chi connectivity index (χ2v) is 7.00. The number of amides is 1. The standard InChI is InChI=1S/C19H22ClNO2S/c20-16-8-10-17(11-9-16)24-18-6-2-1-5-15(18)7-12-19(23)21-13-3-4-14-22/h1-2,5-6,8-11,22H,3-4,7,12-14H2,(H,21,23). The fourth-order valence-electron chi connectivity index (χ4n) is 2.24. The number of benzene rings is 2. The van der Waals surface area contributed by atoms with Crippen molar-refractivity contribution in [2.75, 3.05) is 13.2 Å². The van der Waals surface area contributed by atoms with E-state index in [2.05, 4.69) is 17.4 Å². The van der Waals surface area contributed by atoms with Crippen LogP contribution in [0.1, 0.15) is 24.8 Å². The van der Waals surface area contributed by atoms with Gasteiger partial charge in [0, 0.05) is 34.4 Å². The summed E-state index contributed by atoms with van der Waals surface area (Å²) in [5.74, 6) is 0.0548. The number of aliphatic hydroxyl groups is 1. The number of aryl methyl sites for hydroxylation is 1. The fourth-order valence-corrected chi connectivity index (χ4v) is 3.34. The molecule has 0 radical (unpaired) electrons. The van der Waals surface area contributed by atoms with E-state index in [4.69, 9.17) is 16.7 Å². The first-order valence-corrected chi connectivity index (χ1v) is 9.27. The Morgan fingerprint density at radius 2 is 1.83 bits per heavy atom. The van der Waals surface area contributed by atoms with Crippen LogP contribution in [0.25, 0.3) is 0 Å². The molecule has 5 heteroatoms. The Labute approximate surface area is 152 Å². The number of carbonyl (C=O) groups is 1. The Balaban J connectivity index is 1.89. The summed E-state index contributed by atoms with van der Waals surface area (Å²) < 4.78 is 0. The third kappa shape index (κ3) is 6.56. The van der Waals surface area contributed by atoms with Crippen LogP contribution in [0.5, 0.6) is 0 Å². The summed E-state index contributed by atoms with van der Waals surface area (Å²) in [4.78, 5) is 14.2. The summed E-state index contributed by atoms with van der Waals surface area (Å²) in [6.45, 7) is 0.797. The van der Waals surface area contributed by atoms with Gasteiger partial charge in [0.05, 0.1) is 0 Å². The van der Waals surface area contributed by atoms with Crippen molar-refractivity contribution in [3.63, 3.8) is 0 Å². The van der Waals surface area contributed by atoms with Gasteiger partial charge in [-0.2, -0.15) is 0 Å². The van der Waals surface area contributed by atoms with Crippen LogP contribution in [-0.2, 0) is 11.2 Å². The van der Waals surface area contributed by atoms with E-state index in [0.717, 1.165) is 27.7 Å². The van der Waals surface area contributed by atoms with E-state index in [9.17, 15) is 4.79 Å². The van der Waals surface area contributed by atoms with Crippen LogP contribution in [0.3, 0.4) is 0 Å². The molecule has 1 amide bonds. The SMILES string of the molecule is O=C(CCc1ccccc1Sc1ccc(Cl)cc1)NCCCCO. The third-order valence-electron chi connectivity index (χ3n) is 3.54. The molecule has 0 bridgehead atoms. The van der Waals surface area contributed by atoms with Crippen molar-refractivity contribution >= 4 is 29.3 Å². The number of halogens is 1. The molecule has 2 aromatic carbocycles. The second-order valence-electron chi connectivity index (χ2n) is 5.44. The van der Waals surface area contributed by atoms with Gasteiger partial charge in [0.2, 0.25) is 5.91 Å². The molecule has 0 unspecified atom stereocenters. The predicted octanol–water partition coefficient (Wildman–Crippen LogP) is 4.31. The molecule has 0 atom stereocenters. The molecule has 0 saturated carbocycles. The highest BCUT2D eigenvalue weighted by molar-refractivity contribution is 7.99. The van der Waals surface area contributed by atoms with Gasteiger partial charge in [-0.05, 0) is 55.2 Å². The van der Waals surface area contributed by atoms with Gasteiger partial charge in [-0.15, -0.1) is 0 Å². The number of carbonyl (C=O) groups excluding carboxylic acids is 1. The number of rotatable bonds is 9. The highest BCUT2D eigenvalue weighted by Gasteiger charge is 2.07. The first-order chi connectivity index (χ1) is 11.7. The van der Waals surface area contributed by atoms with Gasteiger partial charge in [-0.25, -0.2) is 0 Å². The van der Waals surface area contributed by atoms with Gasteiger partial charge in [-0.1, -0.05) is 41.6 Å². The summed E-state index contributed by atoms with van der Waals surface area (Å²) in [7, 11) is 0. The van der Waals surface area contributed by atoms with Gasteiger partial charge in [0.1, 0.15) is 0 Å². The molecule has 0 aromatic heterocycles. The van der Waals surface area contributed by atoms with Gasteiger partial charge in [0.15, 0.2) is 0 Å². The van der Waals surface area contributed by atoms with Crippen molar-refractivity contribution < 1.29 is 9.90 Å². The van der Waals surface area contributed by atoms with Crippen LogP contribution < -0.4 is 5.32 Å². The summed E-state index contributed by atoms with van der Waals surface area (Å²) in [6.07, 6.45) is 2.71. The van der Waals surface area contributed by atoms with E-state index in [-0.39, 0.29) is 12.5 Å². The van der Waals surface area contributed by atoms with E-state index in [1.807, 2.05) is 36.4 Å². The molecule has 2 aromatic rings. The number of unbranched alkanes of at least 4 members (excludes halogenated alkanes) is 1. The molecule has 0 saturated heterocycles. The van der Waals surface area contributed by atoms with Gasteiger partial charge < -0.3 is 10.4 Å². The second kappa shape index (κ2) is 10.4. The van der Waals surface area contributed by atoms with Crippen LogP contribution in [0.2, 0.25) is 5.02 Å². The minimum Gasteiger partial charge on any atom is -0.396 e. The third-order valence-corrected chi connectivity index (χ3v) is 4.92. The first-order valence-electron chi connectivity index (χ1n) is 8.08. The lowest BCUT2D eigenvalue weighted by Crippen LogP contribution is -2.24. The molecule has 2 N–H and O–H groups in total. The predicted molar refractivity (Wildman–Crippen MR) is 99.7 cm³/mol. The van der Waals surface area contributed by atoms with Crippen LogP contribution in [0.4, 0.5) is 0 Å². The molecule has 2 rings (SSSR count). The lowest BCUT2D eigenvalue weighted by atomic mass is 10.1. The Morgan fingerprint density at radius 3 is 2.58 bits per heavy atom. The minimum atomic E-state index is 0.0548. The number of nitrogens with one attached hydrogen (secondary N) is 1. The number of hydrogen-bond acceptors (Lipinski definition) is 3. The van der Waals surface area contributed by atoms with E-state index in [1.165, 1.54) is 5.56 Å². The maximum absolute atomic E-state index is 11.9. The monoisotopic (exact) mass is 363 g/mol. The average Bonchev–Trinajstić information content (AvgIpc) is 2.60. The van der Waals surface area contributed by atoms with Crippen molar-refractivity contribution in [2.45, 2.75) is 35.5 Å². The van der Waals surface area contributed by atoms with E-state index in [1.54, 1.807) is 11.8 Å². The van der Waals surface area contributed by atoms with Gasteiger partial charge >= 0.3 is 0 Å². The Bertz CT molecular complexity index is 646. The van der Waals surface area contributed by atoms with Crippen molar-refractivity contribution in [1.82, 2.24) is 5.32 Å². The van der Waals surface area contributed by atoms with Gasteiger partial charge in [0.25, 0.3) is 0 Å². The highest BCUT2D eigenvalue weighted by Crippen LogP contribution is 2.31. The quantitative estimate of drug-likeness (QED) is 0.652. The smallest absolute Gasteiger partial charge is 0.220 e. The first kappa shape index (κ1) is 18.8. The zero-order valence-electron chi connectivity index (χ0n) is 13.5. The minimum absolute atomic E-state index is 0.0548. The number of aliphatic hydroxyl groups excluding tert-OH is 1. The molecule has 0 aliphatic heterocycles. The van der Waals surface area contributed by atoms with Crippen molar-refractivity contribution in [1.29, 1.82) is 0 Å². The topological polar surface area (TPSA) is 49.3 Å². The lowest BCUT2D eigenvalue weighted by Gasteiger charge is -2.10. The molecule has 0 heterocycles. The van der Waals surface area contributed by atoms with Crippen molar-refractivity contribution in [2.24, 2.45) is 0 Å². The van der Waals surface area contributed by atoms with Crippen LogP contribution >= 0.6 is 23.4 Å². The van der Waals surface area contributed by atoms with Crippen LogP contribution in [-0.4, -0.2) is 24.2 Å². The summed E-state index contributed by atoms with van der Waals surface area (Å²) >= 11 is 7.61. The summed E-state index contributed by atoms with van der Waals surface area (Å²) in [5.41, 5.74) is 1.17. The Morgan fingerprint density at radius 1 is 1.08 bits per heavy atom. The van der Waals surface area contributed by atoms with Crippen molar-refractivity contribution in [3.8, 4) is 0 Å². The van der Waals surface area contributed by atoms with Crippen molar-refractivity contribution in [3.05, 3.63) is 59.1 Å². The van der Waals surface area contributed by atoms with E-state index < -0.39 is 0 Å². The Kier molecular flexibility index (Phi) is 8.16. The summed E-state index contributed by atoms with van der Waals surface area (Å²) in [5, 5.41) is 12.3. The molecule has 0 aliphatic rings. The summed E-state index contributed by atoms with van der Waals surface area (Å²) in [6, 6.07) is 15.9. The molecule has 0 fully saturated rings. The molecular weight excluding hydrogens is 342 g/mol. The maximum Gasteiger partial charge on any atom is 0.220 e. The highest BCUT2D eigenvalue weighted by atomic mass is 35.5. The molecule has 0 aliphatic carbocycles. The normalized spacial score (nSPS) is 10.6. The maximum atomic E-state index is 11.9. The number of hydrogen-bond donors (Lipinski definition) is 2.